The molecule has 0 saturated heterocycles. The summed E-state index contributed by atoms with van der Waals surface area (Å²) in [6.45, 7) is 3.07. The Labute approximate surface area is 171 Å². The lowest BCUT2D eigenvalue weighted by Gasteiger charge is -2.28. The lowest BCUT2D eigenvalue weighted by atomic mass is 9.86. The summed E-state index contributed by atoms with van der Waals surface area (Å²) in [6.07, 6.45) is 11.4. The van der Waals surface area contributed by atoms with Crippen molar-refractivity contribution in [1.29, 1.82) is 0 Å². The van der Waals surface area contributed by atoms with Crippen molar-refractivity contribution in [3.8, 4) is 0 Å². The molecule has 0 radical (unpaired) electrons. The molecule has 0 aromatic heterocycles. The predicted molar refractivity (Wildman–Crippen MR) is 116 cm³/mol. The fourth-order valence-electron chi connectivity index (χ4n) is 3.38. The minimum Gasteiger partial charge on any atom is -0.387 e. The smallest absolute Gasteiger partial charge is 0.219 e. The number of nitrogens with one attached hydrogen (secondary N) is 2. The van der Waals surface area contributed by atoms with E-state index >= 15 is 0 Å². The van der Waals surface area contributed by atoms with Gasteiger partial charge in [0.05, 0.1) is 11.4 Å². The molecule has 0 fully saturated rings. The molecule has 3 rings (SSSR count). The zero-order valence-electron chi connectivity index (χ0n) is 16.7. The Bertz CT molecular complexity index is 868. The van der Waals surface area contributed by atoms with Gasteiger partial charge in [0.25, 0.3) is 0 Å². The van der Waals surface area contributed by atoms with Gasteiger partial charge in [0.2, 0.25) is 5.91 Å². The van der Waals surface area contributed by atoms with Crippen LogP contribution in [-0.2, 0) is 9.59 Å². The predicted octanol–water partition coefficient (Wildman–Crippen LogP) is 2.73. The van der Waals surface area contributed by atoms with E-state index in [0.717, 1.165) is 24.2 Å². The molecule has 1 aliphatic carbocycles. The number of ketones is 1. The van der Waals surface area contributed by atoms with E-state index in [2.05, 4.69) is 16.7 Å². The van der Waals surface area contributed by atoms with Gasteiger partial charge in [0, 0.05) is 31.5 Å². The van der Waals surface area contributed by atoms with Crippen molar-refractivity contribution >= 4 is 17.4 Å². The molecule has 4 N–H and O–H groups in total. The van der Waals surface area contributed by atoms with Crippen molar-refractivity contribution in [2.75, 3.05) is 18.1 Å². The third-order valence-corrected chi connectivity index (χ3v) is 5.06. The summed E-state index contributed by atoms with van der Waals surface area (Å²) in [5.74, 6) is 6.62. The first-order valence-corrected chi connectivity index (χ1v) is 10.0. The molecule has 0 spiro atoms. The first kappa shape index (κ1) is 20.6. The molecule has 6 nitrogen and oxygen atoms in total. The minimum atomic E-state index is 0.00894. The van der Waals surface area contributed by atoms with Gasteiger partial charge in [0.15, 0.2) is 5.78 Å². The Balaban J connectivity index is 1.86. The number of amides is 1. The average Bonchev–Trinajstić information content (AvgIpc) is 2.77. The fourth-order valence-corrected chi connectivity index (χ4v) is 3.38. The Kier molecular flexibility index (Phi) is 7.03. The number of para-hydroxylation sites is 1. The molecule has 1 heterocycles. The van der Waals surface area contributed by atoms with Crippen LogP contribution in [0.5, 0.6) is 0 Å². The molecule has 1 unspecified atom stereocenters. The van der Waals surface area contributed by atoms with E-state index in [9.17, 15) is 9.59 Å². The van der Waals surface area contributed by atoms with Crippen LogP contribution < -0.4 is 21.5 Å². The SMILES string of the molecule is CCC(=O)NCC1CC=C(/C(=C/C2=CCNC=C2)N(N)c2ccccc2)C(=O)C1. The molecular weight excluding hydrogens is 364 g/mol. The second-order valence-electron chi connectivity index (χ2n) is 7.19. The van der Waals surface area contributed by atoms with Gasteiger partial charge in [-0.25, -0.2) is 5.84 Å². The third-order valence-electron chi connectivity index (χ3n) is 5.06. The van der Waals surface area contributed by atoms with Gasteiger partial charge in [-0.3, -0.25) is 14.6 Å². The summed E-state index contributed by atoms with van der Waals surface area (Å²) in [5, 5.41) is 7.58. The lowest BCUT2D eigenvalue weighted by Crippen LogP contribution is -2.35. The number of anilines is 1. The van der Waals surface area contributed by atoms with Gasteiger partial charge in [0.1, 0.15) is 0 Å². The zero-order chi connectivity index (χ0) is 20.6. The number of carbonyl (C=O) groups excluding carboxylic acids is 2. The van der Waals surface area contributed by atoms with Crippen LogP contribution in [0.3, 0.4) is 0 Å². The Hall–Kier alpha value is -3.12. The van der Waals surface area contributed by atoms with Crippen LogP contribution in [0, 0.1) is 5.92 Å². The van der Waals surface area contributed by atoms with Gasteiger partial charge >= 0.3 is 0 Å². The molecular formula is C23H28N4O2. The van der Waals surface area contributed by atoms with Gasteiger partial charge in [-0.05, 0) is 48.4 Å². The van der Waals surface area contributed by atoms with E-state index in [1.54, 1.807) is 5.01 Å². The van der Waals surface area contributed by atoms with Gasteiger partial charge in [-0.1, -0.05) is 37.3 Å². The molecule has 1 aromatic rings. The molecule has 6 heteroatoms. The Morgan fingerprint density at radius 3 is 2.76 bits per heavy atom. The number of allylic oxidation sites excluding steroid dienone is 5. The van der Waals surface area contributed by atoms with Crippen molar-refractivity contribution in [2.24, 2.45) is 11.8 Å². The van der Waals surface area contributed by atoms with Crippen molar-refractivity contribution < 1.29 is 9.59 Å². The van der Waals surface area contributed by atoms with E-state index in [4.69, 9.17) is 5.84 Å². The van der Waals surface area contributed by atoms with Crippen molar-refractivity contribution in [3.63, 3.8) is 0 Å². The standard InChI is InChI=1S/C23H28N4O2/c1-2-23(29)26-16-18-8-9-20(22(28)15-18)21(14-17-10-12-25-13-11-17)27(24)19-6-4-3-5-7-19/h3-7,9-12,14,18,25H,2,8,13,15-16,24H2,1H3,(H,26,29)/b21-14-. The van der Waals surface area contributed by atoms with Crippen LogP contribution in [0.4, 0.5) is 5.69 Å². The van der Waals surface area contributed by atoms with Crippen LogP contribution in [0.15, 0.2) is 77.7 Å². The van der Waals surface area contributed by atoms with Crippen LogP contribution in [-0.4, -0.2) is 24.8 Å². The van der Waals surface area contributed by atoms with Crippen LogP contribution in [0.25, 0.3) is 0 Å². The number of hydrazine groups is 1. The highest BCUT2D eigenvalue weighted by molar-refractivity contribution is 6.01. The summed E-state index contributed by atoms with van der Waals surface area (Å²) in [7, 11) is 0. The number of carbonyl (C=O) groups is 2. The van der Waals surface area contributed by atoms with Crippen LogP contribution in [0.2, 0.25) is 0 Å². The molecule has 1 aliphatic heterocycles. The van der Waals surface area contributed by atoms with Gasteiger partial charge in [-0.15, -0.1) is 0 Å². The van der Waals surface area contributed by atoms with Crippen molar-refractivity contribution in [2.45, 2.75) is 26.2 Å². The summed E-state index contributed by atoms with van der Waals surface area (Å²) in [4.78, 5) is 24.5. The lowest BCUT2D eigenvalue weighted by molar-refractivity contribution is -0.121. The summed E-state index contributed by atoms with van der Waals surface area (Å²) < 4.78 is 0. The maximum atomic E-state index is 13.0. The fraction of sp³-hybridized carbons (Fsp3) is 0.304. The average molecular weight is 393 g/mol. The van der Waals surface area contributed by atoms with E-state index < -0.39 is 0 Å². The Morgan fingerprint density at radius 2 is 2.10 bits per heavy atom. The number of dihydropyridines is 1. The molecule has 1 aromatic carbocycles. The monoisotopic (exact) mass is 392 g/mol. The highest BCUT2D eigenvalue weighted by Gasteiger charge is 2.27. The van der Waals surface area contributed by atoms with E-state index in [1.807, 2.05) is 61.7 Å². The molecule has 152 valence electrons. The summed E-state index contributed by atoms with van der Waals surface area (Å²) in [6, 6.07) is 9.59. The number of nitrogens with two attached hydrogens (primary N) is 1. The first-order chi connectivity index (χ1) is 14.1. The van der Waals surface area contributed by atoms with Crippen LogP contribution >= 0.6 is 0 Å². The van der Waals surface area contributed by atoms with Crippen molar-refractivity contribution in [3.05, 3.63) is 77.7 Å². The van der Waals surface area contributed by atoms with E-state index in [0.29, 0.717) is 30.7 Å². The molecule has 0 saturated carbocycles. The molecule has 0 bridgehead atoms. The number of hydrogen-bond donors (Lipinski definition) is 3. The summed E-state index contributed by atoms with van der Waals surface area (Å²) >= 11 is 0. The zero-order valence-corrected chi connectivity index (χ0v) is 16.7. The molecule has 2 aliphatic rings. The molecule has 29 heavy (non-hydrogen) atoms. The quantitative estimate of drug-likeness (QED) is 0.491. The number of hydrogen-bond acceptors (Lipinski definition) is 5. The highest BCUT2D eigenvalue weighted by atomic mass is 16.1. The topological polar surface area (TPSA) is 87.5 Å². The number of benzene rings is 1. The second-order valence-corrected chi connectivity index (χ2v) is 7.19. The molecule has 1 atom stereocenters. The van der Waals surface area contributed by atoms with E-state index in [1.165, 1.54) is 0 Å². The normalized spacial score (nSPS) is 19.2. The number of nitrogens with zero attached hydrogens (tertiary/aromatic N) is 1. The Morgan fingerprint density at radius 1 is 1.31 bits per heavy atom. The van der Waals surface area contributed by atoms with Crippen LogP contribution in [0.1, 0.15) is 26.2 Å². The second kappa shape index (κ2) is 9.89. The molecule has 1 amide bonds. The number of rotatable bonds is 7. The number of Topliss-reactive ketones (excluding diaryl/α,β-unsaturated/α-hetero) is 1. The summed E-state index contributed by atoms with van der Waals surface area (Å²) in [5.41, 5.74) is 3.11. The highest BCUT2D eigenvalue weighted by Crippen LogP contribution is 2.29. The largest absolute Gasteiger partial charge is 0.387 e. The maximum Gasteiger partial charge on any atom is 0.219 e. The van der Waals surface area contributed by atoms with E-state index in [-0.39, 0.29) is 17.6 Å². The van der Waals surface area contributed by atoms with Gasteiger partial charge < -0.3 is 10.6 Å². The maximum absolute atomic E-state index is 13.0. The minimum absolute atomic E-state index is 0.00894. The third kappa shape index (κ3) is 5.45. The first-order valence-electron chi connectivity index (χ1n) is 10.0. The van der Waals surface area contributed by atoms with Gasteiger partial charge in [-0.2, -0.15) is 0 Å². The van der Waals surface area contributed by atoms with Crippen molar-refractivity contribution in [1.82, 2.24) is 10.6 Å².